The molecule has 0 unspecified atom stereocenters. The summed E-state index contributed by atoms with van der Waals surface area (Å²) < 4.78 is 35.2. The molecule has 0 atom stereocenters. The van der Waals surface area contributed by atoms with Gasteiger partial charge in [0.1, 0.15) is 5.75 Å². The van der Waals surface area contributed by atoms with Crippen molar-refractivity contribution in [2.75, 3.05) is 19.5 Å². The van der Waals surface area contributed by atoms with Gasteiger partial charge in [-0.1, -0.05) is 0 Å². The fourth-order valence-electron chi connectivity index (χ4n) is 1.55. The van der Waals surface area contributed by atoms with Crippen LogP contribution in [0.2, 0.25) is 0 Å². The van der Waals surface area contributed by atoms with Crippen molar-refractivity contribution in [2.45, 2.75) is 5.09 Å². The van der Waals surface area contributed by atoms with Gasteiger partial charge in [-0.25, -0.2) is 13.1 Å². The summed E-state index contributed by atoms with van der Waals surface area (Å²) in [6.07, 6.45) is 0. The molecule has 112 valence electrons. The summed E-state index contributed by atoms with van der Waals surface area (Å²) in [6, 6.07) is 9.21. The lowest BCUT2D eigenvalue weighted by molar-refractivity contribution is 0.0991. The fourth-order valence-corrected chi connectivity index (χ4v) is 2.20. The minimum atomic E-state index is -3.71. The van der Waals surface area contributed by atoms with Crippen LogP contribution in [-0.2, 0) is 10.0 Å². The molecule has 0 aliphatic carbocycles. The van der Waals surface area contributed by atoms with Crippen molar-refractivity contribution in [1.29, 1.82) is 0 Å². The molecule has 1 heterocycles. The summed E-state index contributed by atoms with van der Waals surface area (Å²) in [6.45, 7) is 0. The van der Waals surface area contributed by atoms with Gasteiger partial charge >= 0.3 is 0 Å². The quantitative estimate of drug-likeness (QED) is 0.871. The van der Waals surface area contributed by atoms with Gasteiger partial charge < -0.3 is 14.5 Å². The Morgan fingerprint density at radius 3 is 2.38 bits per heavy atom. The highest BCUT2D eigenvalue weighted by Gasteiger charge is 2.19. The van der Waals surface area contributed by atoms with Crippen LogP contribution in [0.4, 0.5) is 5.69 Å². The number of furan rings is 1. The molecule has 8 heteroatoms. The second-order valence-electron chi connectivity index (χ2n) is 4.01. The Labute approximate surface area is 122 Å². The third-order valence-corrected chi connectivity index (χ3v) is 3.97. The highest BCUT2D eigenvalue weighted by atomic mass is 32.2. The van der Waals surface area contributed by atoms with E-state index in [1.54, 1.807) is 31.4 Å². The Morgan fingerprint density at radius 1 is 1.14 bits per heavy atom. The second-order valence-corrected chi connectivity index (χ2v) is 5.83. The fraction of sp³-hybridized carbons (Fsp3) is 0.154. The average Bonchev–Trinajstić information content (AvgIpc) is 2.99. The molecule has 0 spiro atoms. The van der Waals surface area contributed by atoms with Crippen LogP contribution in [0.15, 0.2) is 45.9 Å². The lowest BCUT2D eigenvalue weighted by Crippen LogP contribution is -2.18. The number of methoxy groups -OCH3 is 1. The van der Waals surface area contributed by atoms with Gasteiger partial charge in [0.2, 0.25) is 5.09 Å². The SMILES string of the molecule is CNS(=O)(=O)c1ccc(C(=O)Nc2ccc(OC)cc2)o1. The Bertz CT molecular complexity index is 734. The standard InChI is InChI=1S/C13H14N2O5S/c1-14-21(17,18)12-8-7-11(20-12)13(16)15-9-3-5-10(19-2)6-4-9/h3-8,14H,1-2H3,(H,15,16). The van der Waals surface area contributed by atoms with E-state index in [9.17, 15) is 13.2 Å². The van der Waals surface area contributed by atoms with Crippen LogP contribution in [0, 0.1) is 0 Å². The average molecular weight is 310 g/mol. The summed E-state index contributed by atoms with van der Waals surface area (Å²) in [4.78, 5) is 11.9. The maximum atomic E-state index is 11.9. The zero-order chi connectivity index (χ0) is 15.5. The van der Waals surface area contributed by atoms with E-state index in [-0.39, 0.29) is 10.9 Å². The summed E-state index contributed by atoms with van der Waals surface area (Å²) in [5.41, 5.74) is 0.537. The van der Waals surface area contributed by atoms with Crippen molar-refractivity contribution in [1.82, 2.24) is 4.72 Å². The summed E-state index contributed by atoms with van der Waals surface area (Å²) in [7, 11) is -0.905. The molecule has 0 radical (unpaired) electrons. The van der Waals surface area contributed by atoms with E-state index in [2.05, 4.69) is 10.0 Å². The molecule has 0 fully saturated rings. The van der Waals surface area contributed by atoms with Gasteiger partial charge in [-0.2, -0.15) is 0 Å². The lowest BCUT2D eigenvalue weighted by Gasteiger charge is -2.04. The molecular weight excluding hydrogens is 296 g/mol. The maximum Gasteiger partial charge on any atom is 0.291 e. The van der Waals surface area contributed by atoms with Gasteiger partial charge in [0.15, 0.2) is 5.76 Å². The highest BCUT2D eigenvalue weighted by molar-refractivity contribution is 7.89. The number of hydrogen-bond donors (Lipinski definition) is 2. The Hall–Kier alpha value is -2.32. The van der Waals surface area contributed by atoms with Gasteiger partial charge in [-0.15, -0.1) is 0 Å². The number of carbonyl (C=O) groups excluding carboxylic acids is 1. The molecule has 0 saturated carbocycles. The molecule has 2 N–H and O–H groups in total. The number of carbonyl (C=O) groups is 1. The van der Waals surface area contributed by atoms with Crippen LogP contribution < -0.4 is 14.8 Å². The van der Waals surface area contributed by atoms with Crippen LogP contribution in [0.3, 0.4) is 0 Å². The van der Waals surface area contributed by atoms with Crippen LogP contribution >= 0.6 is 0 Å². The second kappa shape index (κ2) is 5.98. The number of nitrogens with one attached hydrogen (secondary N) is 2. The smallest absolute Gasteiger partial charge is 0.291 e. The Morgan fingerprint density at radius 2 is 1.81 bits per heavy atom. The molecular formula is C13H14N2O5S. The monoisotopic (exact) mass is 310 g/mol. The number of benzene rings is 1. The van der Waals surface area contributed by atoms with Crippen molar-refractivity contribution in [3.63, 3.8) is 0 Å². The summed E-state index contributed by atoms with van der Waals surface area (Å²) >= 11 is 0. The first-order valence-electron chi connectivity index (χ1n) is 5.95. The molecule has 1 aromatic heterocycles. The van der Waals surface area contributed by atoms with E-state index in [1.165, 1.54) is 19.2 Å². The van der Waals surface area contributed by atoms with Crippen molar-refractivity contribution in [3.05, 3.63) is 42.2 Å². The number of amides is 1. The first kappa shape index (κ1) is 15.1. The first-order valence-corrected chi connectivity index (χ1v) is 7.43. The number of sulfonamides is 1. The van der Waals surface area contributed by atoms with Gasteiger partial charge in [0, 0.05) is 5.69 Å². The van der Waals surface area contributed by atoms with E-state index < -0.39 is 15.9 Å². The van der Waals surface area contributed by atoms with Gasteiger partial charge in [-0.05, 0) is 43.4 Å². The molecule has 0 aliphatic heterocycles. The third kappa shape index (κ3) is 3.41. The molecule has 0 aliphatic rings. The van der Waals surface area contributed by atoms with E-state index in [4.69, 9.17) is 9.15 Å². The van der Waals surface area contributed by atoms with Gasteiger partial charge in [0.25, 0.3) is 15.9 Å². The minimum absolute atomic E-state index is 0.0976. The highest BCUT2D eigenvalue weighted by Crippen LogP contribution is 2.18. The lowest BCUT2D eigenvalue weighted by atomic mass is 10.3. The Balaban J connectivity index is 2.13. The normalized spacial score (nSPS) is 11.1. The number of anilines is 1. The van der Waals surface area contributed by atoms with Crippen molar-refractivity contribution in [3.8, 4) is 5.75 Å². The van der Waals surface area contributed by atoms with Crippen molar-refractivity contribution < 1.29 is 22.4 Å². The molecule has 2 aromatic rings. The topological polar surface area (TPSA) is 97.6 Å². The molecule has 7 nitrogen and oxygen atoms in total. The minimum Gasteiger partial charge on any atom is -0.497 e. The van der Waals surface area contributed by atoms with Gasteiger partial charge in [0.05, 0.1) is 7.11 Å². The molecule has 21 heavy (non-hydrogen) atoms. The zero-order valence-corrected chi connectivity index (χ0v) is 12.2. The van der Waals surface area contributed by atoms with Crippen LogP contribution in [0.5, 0.6) is 5.75 Å². The maximum absolute atomic E-state index is 11.9. The molecule has 0 bridgehead atoms. The van der Waals surface area contributed by atoms with Crippen molar-refractivity contribution >= 4 is 21.6 Å². The molecule has 2 rings (SSSR count). The van der Waals surface area contributed by atoms with E-state index in [0.717, 1.165) is 0 Å². The van der Waals surface area contributed by atoms with E-state index in [0.29, 0.717) is 11.4 Å². The van der Waals surface area contributed by atoms with Crippen LogP contribution in [-0.4, -0.2) is 28.5 Å². The predicted molar refractivity (Wildman–Crippen MR) is 75.9 cm³/mol. The number of ether oxygens (including phenoxy) is 1. The number of hydrogen-bond acceptors (Lipinski definition) is 5. The van der Waals surface area contributed by atoms with E-state index in [1.807, 2.05) is 0 Å². The summed E-state index contributed by atoms with van der Waals surface area (Å²) in [5.74, 6) is 0.0192. The molecule has 1 aromatic carbocycles. The van der Waals surface area contributed by atoms with Crippen molar-refractivity contribution in [2.24, 2.45) is 0 Å². The Kier molecular flexibility index (Phi) is 4.29. The third-order valence-electron chi connectivity index (χ3n) is 2.69. The van der Waals surface area contributed by atoms with Crippen LogP contribution in [0.25, 0.3) is 0 Å². The van der Waals surface area contributed by atoms with Crippen LogP contribution in [0.1, 0.15) is 10.6 Å². The number of rotatable bonds is 5. The molecule has 1 amide bonds. The summed E-state index contributed by atoms with van der Waals surface area (Å²) in [5, 5.41) is 2.27. The molecule has 0 saturated heterocycles. The van der Waals surface area contributed by atoms with E-state index >= 15 is 0 Å². The first-order chi connectivity index (χ1) is 9.96. The predicted octanol–water partition coefficient (Wildman–Crippen LogP) is 1.45. The van der Waals surface area contributed by atoms with Gasteiger partial charge in [-0.3, -0.25) is 4.79 Å². The zero-order valence-electron chi connectivity index (χ0n) is 11.4. The largest absolute Gasteiger partial charge is 0.497 e.